The minimum absolute atomic E-state index is 0.243. The van der Waals surface area contributed by atoms with Crippen molar-refractivity contribution in [3.05, 3.63) is 46.6 Å². The van der Waals surface area contributed by atoms with Crippen molar-refractivity contribution in [2.24, 2.45) is 0 Å². The first kappa shape index (κ1) is 11.7. The summed E-state index contributed by atoms with van der Waals surface area (Å²) in [6, 6.07) is 1.78. The predicted octanol–water partition coefficient (Wildman–Crippen LogP) is 2.19. The maximum atomic E-state index is 11.9. The highest BCUT2D eigenvalue weighted by atomic mass is 79.9. The quantitative estimate of drug-likeness (QED) is 0.921. The normalized spacial score (nSPS) is 10.0. The molecule has 5 nitrogen and oxygen atoms in total. The molecule has 0 spiro atoms. The van der Waals surface area contributed by atoms with Crippen molar-refractivity contribution < 1.29 is 4.79 Å². The van der Waals surface area contributed by atoms with Gasteiger partial charge in [0.2, 0.25) is 0 Å². The molecule has 1 N–H and O–H groups in total. The molecular weight excluding hydrogens is 284 g/mol. The van der Waals surface area contributed by atoms with Crippen molar-refractivity contribution in [2.45, 2.75) is 6.92 Å². The second-order valence-electron chi connectivity index (χ2n) is 3.37. The minimum Gasteiger partial charge on any atom is -0.305 e. The number of hydrogen-bond donors (Lipinski definition) is 1. The van der Waals surface area contributed by atoms with Crippen molar-refractivity contribution in [1.29, 1.82) is 0 Å². The van der Waals surface area contributed by atoms with Gasteiger partial charge in [0, 0.05) is 12.4 Å². The number of rotatable bonds is 2. The molecule has 0 aliphatic carbocycles. The number of pyridine rings is 1. The number of amides is 1. The van der Waals surface area contributed by atoms with E-state index in [1.54, 1.807) is 12.3 Å². The highest BCUT2D eigenvalue weighted by Gasteiger charge is 2.09. The Kier molecular flexibility index (Phi) is 3.43. The Labute approximate surface area is 106 Å². The summed E-state index contributed by atoms with van der Waals surface area (Å²) in [7, 11) is 0. The third-order valence-corrected chi connectivity index (χ3v) is 2.56. The number of carbonyl (C=O) groups excluding carboxylic acids is 1. The largest absolute Gasteiger partial charge is 0.305 e. The van der Waals surface area contributed by atoms with Crippen LogP contribution in [0.1, 0.15) is 15.9 Å². The lowest BCUT2D eigenvalue weighted by Crippen LogP contribution is -2.14. The lowest BCUT2D eigenvalue weighted by Gasteiger charge is -2.05. The number of nitrogens with one attached hydrogen (secondary N) is 1. The lowest BCUT2D eigenvalue weighted by atomic mass is 10.1. The van der Waals surface area contributed by atoms with Crippen LogP contribution in [0.3, 0.4) is 0 Å². The zero-order valence-electron chi connectivity index (χ0n) is 9.01. The van der Waals surface area contributed by atoms with Gasteiger partial charge in [-0.3, -0.25) is 9.78 Å². The third-order valence-electron chi connectivity index (χ3n) is 2.15. The second-order valence-corrected chi connectivity index (χ2v) is 4.18. The Morgan fingerprint density at radius 2 is 2.12 bits per heavy atom. The van der Waals surface area contributed by atoms with Crippen LogP contribution in [-0.2, 0) is 0 Å². The minimum atomic E-state index is -0.243. The summed E-state index contributed by atoms with van der Waals surface area (Å²) in [5.41, 5.74) is 1.39. The van der Waals surface area contributed by atoms with Crippen LogP contribution in [0.25, 0.3) is 0 Å². The molecule has 2 heterocycles. The molecule has 6 heteroatoms. The van der Waals surface area contributed by atoms with E-state index in [0.29, 0.717) is 16.0 Å². The molecular formula is C11H9BrN4O. The van der Waals surface area contributed by atoms with Gasteiger partial charge in [-0.05, 0) is 34.5 Å². The fraction of sp³-hybridized carbons (Fsp3) is 0.0909. The molecule has 0 atom stereocenters. The highest BCUT2D eigenvalue weighted by molar-refractivity contribution is 9.10. The van der Waals surface area contributed by atoms with E-state index in [0.717, 1.165) is 5.56 Å². The van der Waals surface area contributed by atoms with Crippen molar-refractivity contribution in [3.63, 3.8) is 0 Å². The smallest absolute Gasteiger partial charge is 0.258 e. The summed E-state index contributed by atoms with van der Waals surface area (Å²) in [5.74, 6) is 0.161. The molecule has 0 radical (unpaired) electrons. The van der Waals surface area contributed by atoms with Gasteiger partial charge in [-0.25, -0.2) is 9.97 Å². The van der Waals surface area contributed by atoms with Crippen LogP contribution in [0, 0.1) is 6.92 Å². The van der Waals surface area contributed by atoms with E-state index in [-0.39, 0.29) is 5.91 Å². The van der Waals surface area contributed by atoms with Gasteiger partial charge in [-0.15, -0.1) is 0 Å². The molecule has 2 aromatic rings. The number of carbonyl (C=O) groups is 1. The van der Waals surface area contributed by atoms with Gasteiger partial charge < -0.3 is 5.32 Å². The number of halogens is 1. The first-order chi connectivity index (χ1) is 8.16. The van der Waals surface area contributed by atoms with Crippen LogP contribution in [-0.4, -0.2) is 20.9 Å². The highest BCUT2D eigenvalue weighted by Crippen LogP contribution is 2.10. The number of aromatic nitrogens is 3. The van der Waals surface area contributed by atoms with Gasteiger partial charge in [0.05, 0.1) is 18.0 Å². The molecule has 86 valence electrons. The number of hydrogen-bond acceptors (Lipinski definition) is 4. The van der Waals surface area contributed by atoms with Crippen molar-refractivity contribution in [3.8, 4) is 0 Å². The second kappa shape index (κ2) is 5.01. The SMILES string of the molecule is Cc1ccncc1C(=O)Nc1cnc(Br)cn1. The van der Waals surface area contributed by atoms with Gasteiger partial charge in [0.15, 0.2) is 5.82 Å². The Hall–Kier alpha value is -1.82. The zero-order valence-corrected chi connectivity index (χ0v) is 10.6. The summed E-state index contributed by atoms with van der Waals surface area (Å²) in [6.07, 6.45) is 6.17. The molecule has 0 aliphatic rings. The molecule has 0 saturated carbocycles. The van der Waals surface area contributed by atoms with E-state index < -0.39 is 0 Å². The average Bonchev–Trinajstić information content (AvgIpc) is 2.32. The monoisotopic (exact) mass is 292 g/mol. The first-order valence-corrected chi connectivity index (χ1v) is 5.65. The number of nitrogens with zero attached hydrogens (tertiary/aromatic N) is 3. The zero-order chi connectivity index (χ0) is 12.3. The third kappa shape index (κ3) is 2.85. The fourth-order valence-electron chi connectivity index (χ4n) is 1.26. The summed E-state index contributed by atoms with van der Waals surface area (Å²) in [5, 5.41) is 2.65. The van der Waals surface area contributed by atoms with Crippen LogP contribution < -0.4 is 5.32 Å². The first-order valence-electron chi connectivity index (χ1n) is 4.86. The topological polar surface area (TPSA) is 67.8 Å². The van der Waals surface area contributed by atoms with E-state index in [9.17, 15) is 4.79 Å². The summed E-state index contributed by atoms with van der Waals surface area (Å²) in [6.45, 7) is 1.85. The molecule has 0 saturated heterocycles. The summed E-state index contributed by atoms with van der Waals surface area (Å²) < 4.78 is 0.619. The van der Waals surface area contributed by atoms with Crippen LogP contribution in [0.5, 0.6) is 0 Å². The molecule has 2 rings (SSSR count). The van der Waals surface area contributed by atoms with E-state index in [4.69, 9.17) is 0 Å². The van der Waals surface area contributed by atoms with Crippen LogP contribution in [0.4, 0.5) is 5.82 Å². The van der Waals surface area contributed by atoms with E-state index in [2.05, 4.69) is 36.2 Å². The molecule has 0 bridgehead atoms. The molecule has 1 amide bonds. The molecule has 0 unspecified atom stereocenters. The average molecular weight is 293 g/mol. The maximum Gasteiger partial charge on any atom is 0.258 e. The number of aryl methyl sites for hydroxylation is 1. The standard InChI is InChI=1S/C11H9BrN4O/c1-7-2-3-13-4-8(7)11(17)16-10-6-14-9(12)5-15-10/h2-6H,1H3,(H,15,16,17). The summed E-state index contributed by atoms with van der Waals surface area (Å²) >= 11 is 3.17. The molecule has 17 heavy (non-hydrogen) atoms. The van der Waals surface area contributed by atoms with Crippen molar-refractivity contribution in [1.82, 2.24) is 15.0 Å². The van der Waals surface area contributed by atoms with Gasteiger partial charge >= 0.3 is 0 Å². The molecule has 0 aromatic carbocycles. The van der Waals surface area contributed by atoms with Crippen LogP contribution in [0.15, 0.2) is 35.5 Å². The van der Waals surface area contributed by atoms with Crippen molar-refractivity contribution >= 4 is 27.7 Å². The molecule has 0 aliphatic heterocycles. The van der Waals surface area contributed by atoms with Crippen molar-refractivity contribution in [2.75, 3.05) is 5.32 Å². The fourth-order valence-corrected chi connectivity index (χ4v) is 1.47. The Balaban J connectivity index is 2.17. The van der Waals surface area contributed by atoms with Crippen LogP contribution in [0.2, 0.25) is 0 Å². The Morgan fingerprint density at radius 1 is 1.29 bits per heavy atom. The van der Waals surface area contributed by atoms with E-state index in [1.165, 1.54) is 18.6 Å². The number of anilines is 1. The van der Waals surface area contributed by atoms with Gasteiger partial charge in [0.1, 0.15) is 4.60 Å². The molecule has 2 aromatic heterocycles. The van der Waals surface area contributed by atoms with Gasteiger partial charge in [-0.1, -0.05) is 0 Å². The van der Waals surface area contributed by atoms with Crippen LogP contribution >= 0.6 is 15.9 Å². The molecule has 0 fully saturated rings. The predicted molar refractivity (Wildman–Crippen MR) is 66.7 cm³/mol. The van der Waals surface area contributed by atoms with E-state index in [1.807, 2.05) is 6.92 Å². The lowest BCUT2D eigenvalue weighted by molar-refractivity contribution is 0.102. The maximum absolute atomic E-state index is 11.9. The summed E-state index contributed by atoms with van der Waals surface area (Å²) in [4.78, 5) is 23.8. The van der Waals surface area contributed by atoms with Gasteiger partial charge in [-0.2, -0.15) is 0 Å². The van der Waals surface area contributed by atoms with Gasteiger partial charge in [0.25, 0.3) is 5.91 Å². The Morgan fingerprint density at radius 3 is 2.76 bits per heavy atom. The Bertz CT molecular complexity index is 541. The van der Waals surface area contributed by atoms with E-state index >= 15 is 0 Å².